The van der Waals surface area contributed by atoms with E-state index in [0.29, 0.717) is 37.8 Å². The van der Waals surface area contributed by atoms with Gasteiger partial charge in [0.05, 0.1) is 6.26 Å². The Balaban J connectivity index is 1.80. The van der Waals surface area contributed by atoms with Crippen molar-refractivity contribution in [2.75, 3.05) is 31.1 Å². The maximum Gasteiger partial charge on any atom is 0.332 e. The molecule has 3 heterocycles. The highest BCUT2D eigenvalue weighted by Gasteiger charge is 2.23. The zero-order valence-electron chi connectivity index (χ0n) is 13.8. The van der Waals surface area contributed by atoms with Gasteiger partial charge in [-0.3, -0.25) is 18.7 Å². The zero-order valence-corrected chi connectivity index (χ0v) is 13.8. The SMILES string of the molecule is Cn1c(N2CCCN(C(=O)c3ccco3)CC2)cc(=O)n(C)c1=O. The van der Waals surface area contributed by atoms with E-state index in [2.05, 4.69) is 0 Å². The third-order valence-electron chi connectivity index (χ3n) is 4.34. The highest BCUT2D eigenvalue weighted by Crippen LogP contribution is 2.14. The number of carbonyl (C=O) groups excluding carboxylic acids is 1. The summed E-state index contributed by atoms with van der Waals surface area (Å²) in [7, 11) is 3.11. The van der Waals surface area contributed by atoms with E-state index >= 15 is 0 Å². The lowest BCUT2D eigenvalue weighted by Gasteiger charge is -2.25. The van der Waals surface area contributed by atoms with Gasteiger partial charge in [0.25, 0.3) is 11.5 Å². The van der Waals surface area contributed by atoms with Gasteiger partial charge in [0.15, 0.2) is 5.76 Å². The fourth-order valence-electron chi connectivity index (χ4n) is 2.93. The molecule has 3 rings (SSSR count). The minimum Gasteiger partial charge on any atom is -0.459 e. The van der Waals surface area contributed by atoms with Crippen molar-refractivity contribution in [2.45, 2.75) is 6.42 Å². The number of rotatable bonds is 2. The Morgan fingerprint density at radius 1 is 1.08 bits per heavy atom. The molecule has 0 aliphatic carbocycles. The van der Waals surface area contributed by atoms with Crippen LogP contribution < -0.4 is 16.1 Å². The van der Waals surface area contributed by atoms with Crippen LogP contribution in [0, 0.1) is 0 Å². The largest absolute Gasteiger partial charge is 0.459 e. The molecular formula is C16H20N4O4. The molecule has 1 amide bonds. The van der Waals surface area contributed by atoms with Crippen molar-refractivity contribution in [1.29, 1.82) is 0 Å². The zero-order chi connectivity index (χ0) is 17.3. The van der Waals surface area contributed by atoms with Gasteiger partial charge in [0, 0.05) is 46.3 Å². The van der Waals surface area contributed by atoms with Crippen molar-refractivity contribution in [2.24, 2.45) is 14.1 Å². The lowest BCUT2D eigenvalue weighted by atomic mass is 10.3. The van der Waals surface area contributed by atoms with Crippen LogP contribution in [-0.2, 0) is 14.1 Å². The van der Waals surface area contributed by atoms with Gasteiger partial charge in [-0.05, 0) is 18.6 Å². The first-order chi connectivity index (χ1) is 11.5. The predicted octanol–water partition coefficient (Wildman–Crippen LogP) is 0.0295. The minimum absolute atomic E-state index is 0.139. The smallest absolute Gasteiger partial charge is 0.332 e. The van der Waals surface area contributed by atoms with Gasteiger partial charge in [-0.2, -0.15) is 0 Å². The Labute approximate surface area is 138 Å². The third kappa shape index (κ3) is 2.86. The average Bonchev–Trinajstić information content (AvgIpc) is 3.01. The van der Waals surface area contributed by atoms with Gasteiger partial charge in [0.1, 0.15) is 5.82 Å². The van der Waals surface area contributed by atoms with E-state index in [4.69, 9.17) is 4.42 Å². The lowest BCUT2D eigenvalue weighted by molar-refractivity contribution is 0.0735. The molecule has 128 valence electrons. The van der Waals surface area contributed by atoms with Gasteiger partial charge in [-0.1, -0.05) is 0 Å². The van der Waals surface area contributed by atoms with Crippen LogP contribution in [0.3, 0.4) is 0 Å². The van der Waals surface area contributed by atoms with Crippen molar-refractivity contribution in [1.82, 2.24) is 14.0 Å². The third-order valence-corrected chi connectivity index (χ3v) is 4.34. The van der Waals surface area contributed by atoms with Crippen LogP contribution in [0.1, 0.15) is 17.0 Å². The molecule has 8 nitrogen and oxygen atoms in total. The molecule has 0 bridgehead atoms. The minimum atomic E-state index is -0.356. The number of nitrogens with zero attached hydrogens (tertiary/aromatic N) is 4. The molecule has 2 aromatic rings. The fourth-order valence-corrected chi connectivity index (χ4v) is 2.93. The van der Waals surface area contributed by atoms with Gasteiger partial charge in [-0.15, -0.1) is 0 Å². The summed E-state index contributed by atoms with van der Waals surface area (Å²) in [6.45, 7) is 2.33. The quantitative estimate of drug-likeness (QED) is 0.775. The van der Waals surface area contributed by atoms with E-state index in [9.17, 15) is 14.4 Å². The highest BCUT2D eigenvalue weighted by molar-refractivity contribution is 5.91. The summed E-state index contributed by atoms with van der Waals surface area (Å²) in [5, 5.41) is 0. The number of furan rings is 1. The molecule has 1 aliphatic rings. The van der Waals surface area contributed by atoms with Crippen molar-refractivity contribution in [3.05, 3.63) is 51.1 Å². The van der Waals surface area contributed by atoms with Gasteiger partial charge in [0.2, 0.25) is 0 Å². The first-order valence-corrected chi connectivity index (χ1v) is 7.84. The topological polar surface area (TPSA) is 80.7 Å². The summed E-state index contributed by atoms with van der Waals surface area (Å²) in [6, 6.07) is 4.80. The second-order valence-corrected chi connectivity index (χ2v) is 5.85. The standard InChI is InChI=1S/C16H20N4O4/c1-17-13(11-14(21)18(2)16(17)23)19-6-4-7-20(9-8-19)15(22)12-5-3-10-24-12/h3,5,10-11H,4,6-9H2,1-2H3. The fraction of sp³-hybridized carbons (Fsp3) is 0.438. The first-order valence-electron chi connectivity index (χ1n) is 7.84. The Bertz CT molecular complexity index is 850. The van der Waals surface area contributed by atoms with Crippen LogP contribution >= 0.6 is 0 Å². The molecule has 1 fully saturated rings. The van der Waals surface area contributed by atoms with Crippen LogP contribution in [0.2, 0.25) is 0 Å². The summed E-state index contributed by atoms with van der Waals surface area (Å²) < 4.78 is 7.71. The molecule has 0 aromatic carbocycles. The van der Waals surface area contributed by atoms with E-state index < -0.39 is 0 Å². The summed E-state index contributed by atoms with van der Waals surface area (Å²) >= 11 is 0. The molecule has 1 saturated heterocycles. The van der Waals surface area contributed by atoms with Gasteiger partial charge < -0.3 is 14.2 Å². The van der Waals surface area contributed by atoms with Crippen LogP contribution in [-0.4, -0.2) is 46.1 Å². The second kappa shape index (κ2) is 6.38. The van der Waals surface area contributed by atoms with Crippen molar-refractivity contribution in [3.63, 3.8) is 0 Å². The average molecular weight is 332 g/mol. The Morgan fingerprint density at radius 3 is 2.58 bits per heavy atom. The molecule has 2 aromatic heterocycles. The van der Waals surface area contributed by atoms with Crippen molar-refractivity contribution < 1.29 is 9.21 Å². The highest BCUT2D eigenvalue weighted by atomic mass is 16.3. The van der Waals surface area contributed by atoms with Crippen LogP contribution in [0.15, 0.2) is 38.5 Å². The Morgan fingerprint density at radius 2 is 1.88 bits per heavy atom. The van der Waals surface area contributed by atoms with Crippen molar-refractivity contribution in [3.8, 4) is 0 Å². The van der Waals surface area contributed by atoms with Crippen LogP contribution in [0.4, 0.5) is 5.82 Å². The molecule has 0 unspecified atom stereocenters. The number of hydrogen-bond donors (Lipinski definition) is 0. The summed E-state index contributed by atoms with van der Waals surface area (Å²) in [5.41, 5.74) is -0.689. The number of anilines is 1. The maximum atomic E-state index is 12.4. The molecule has 0 atom stereocenters. The Hall–Kier alpha value is -2.77. The Kier molecular flexibility index (Phi) is 4.28. The first kappa shape index (κ1) is 16.1. The predicted molar refractivity (Wildman–Crippen MR) is 88.4 cm³/mol. The van der Waals surface area contributed by atoms with E-state index in [-0.39, 0.29) is 17.2 Å². The van der Waals surface area contributed by atoms with Gasteiger partial charge in [-0.25, -0.2) is 4.79 Å². The number of hydrogen-bond acceptors (Lipinski definition) is 5. The molecule has 0 spiro atoms. The van der Waals surface area contributed by atoms with E-state index in [1.165, 1.54) is 23.9 Å². The van der Waals surface area contributed by atoms with Gasteiger partial charge >= 0.3 is 5.69 Å². The van der Waals surface area contributed by atoms with Crippen LogP contribution in [0.5, 0.6) is 0 Å². The monoisotopic (exact) mass is 332 g/mol. The summed E-state index contributed by atoms with van der Waals surface area (Å²) in [6.07, 6.45) is 2.22. The number of carbonyl (C=O) groups is 1. The molecule has 0 saturated carbocycles. The van der Waals surface area contributed by atoms with Crippen molar-refractivity contribution >= 4 is 11.7 Å². The second-order valence-electron chi connectivity index (χ2n) is 5.85. The maximum absolute atomic E-state index is 12.4. The lowest BCUT2D eigenvalue weighted by Crippen LogP contribution is -2.41. The normalized spacial score (nSPS) is 15.4. The number of amides is 1. The molecule has 8 heteroatoms. The summed E-state index contributed by atoms with van der Waals surface area (Å²) in [4.78, 5) is 40.1. The molecule has 0 radical (unpaired) electrons. The van der Waals surface area contributed by atoms with E-state index in [0.717, 1.165) is 11.0 Å². The molecule has 1 aliphatic heterocycles. The van der Waals surface area contributed by atoms with Crippen LogP contribution in [0.25, 0.3) is 0 Å². The molecule has 24 heavy (non-hydrogen) atoms. The number of aromatic nitrogens is 2. The summed E-state index contributed by atoms with van der Waals surface area (Å²) in [5.74, 6) is 0.763. The molecular weight excluding hydrogens is 312 g/mol. The molecule has 0 N–H and O–H groups in total. The van der Waals surface area contributed by atoms with E-state index in [1.54, 1.807) is 24.1 Å². The van der Waals surface area contributed by atoms with E-state index in [1.807, 2.05) is 4.90 Å².